The summed E-state index contributed by atoms with van der Waals surface area (Å²) in [4.78, 5) is 26.1. The Bertz CT molecular complexity index is 517. The maximum atomic E-state index is 12.4. The predicted octanol–water partition coefficient (Wildman–Crippen LogP) is 2.57. The van der Waals surface area contributed by atoms with Crippen LogP contribution in [0, 0.1) is 5.92 Å². The highest BCUT2D eigenvalue weighted by Crippen LogP contribution is 2.36. The fraction of sp³-hybridized carbons (Fsp3) is 0.667. The van der Waals surface area contributed by atoms with Gasteiger partial charge in [-0.1, -0.05) is 18.6 Å². The Morgan fingerprint density at radius 2 is 1.52 bits per heavy atom. The van der Waals surface area contributed by atoms with Gasteiger partial charge in [0.1, 0.15) is 0 Å². The number of hydrogen-bond donors (Lipinski definition) is 0. The standard InChI is InChI=1S/C18H25NO4/c1-3-14-15(4-2)17(21)19(16(14)20)10-13-11-22-18(23-12-13)8-6-5-7-9-18/h3-4,13H,5-12H2,1-2H3/b14-3+,15-4+. The SMILES string of the molecule is C/C=C1/C(=O)N(CC2COC3(CCCCC3)OC2)C(=O)/C1=C/C. The molecular weight excluding hydrogens is 294 g/mol. The van der Waals surface area contributed by atoms with Crippen molar-refractivity contribution < 1.29 is 19.1 Å². The second-order valence-electron chi connectivity index (χ2n) is 6.58. The first kappa shape index (κ1) is 16.4. The maximum Gasteiger partial charge on any atom is 0.261 e. The molecule has 2 amide bonds. The van der Waals surface area contributed by atoms with Crippen LogP contribution in [0.15, 0.2) is 23.3 Å². The van der Waals surface area contributed by atoms with Gasteiger partial charge < -0.3 is 9.47 Å². The van der Waals surface area contributed by atoms with E-state index >= 15 is 0 Å². The van der Waals surface area contributed by atoms with E-state index in [4.69, 9.17) is 9.47 Å². The Morgan fingerprint density at radius 3 is 2.00 bits per heavy atom. The van der Waals surface area contributed by atoms with E-state index in [-0.39, 0.29) is 17.7 Å². The minimum absolute atomic E-state index is 0.0461. The van der Waals surface area contributed by atoms with Crippen molar-refractivity contribution in [2.75, 3.05) is 19.8 Å². The largest absolute Gasteiger partial charge is 0.349 e. The van der Waals surface area contributed by atoms with Crippen molar-refractivity contribution in [2.24, 2.45) is 5.92 Å². The molecule has 5 nitrogen and oxygen atoms in total. The number of likely N-dealkylation sites (tertiary alicyclic amines) is 1. The van der Waals surface area contributed by atoms with Crippen molar-refractivity contribution in [3.63, 3.8) is 0 Å². The van der Waals surface area contributed by atoms with Crippen molar-refractivity contribution >= 4 is 11.8 Å². The Morgan fingerprint density at radius 1 is 1.00 bits per heavy atom. The van der Waals surface area contributed by atoms with Crippen LogP contribution in [0.3, 0.4) is 0 Å². The molecule has 5 heteroatoms. The van der Waals surface area contributed by atoms with Gasteiger partial charge in [-0.2, -0.15) is 0 Å². The molecule has 0 aromatic heterocycles. The summed E-state index contributed by atoms with van der Waals surface area (Å²) in [7, 11) is 0. The summed E-state index contributed by atoms with van der Waals surface area (Å²) in [6.07, 6.45) is 8.85. The Balaban J connectivity index is 1.63. The fourth-order valence-electron chi connectivity index (χ4n) is 3.71. The molecule has 3 fully saturated rings. The van der Waals surface area contributed by atoms with Gasteiger partial charge in [-0.3, -0.25) is 14.5 Å². The van der Waals surface area contributed by atoms with Gasteiger partial charge in [0.05, 0.1) is 13.2 Å². The van der Waals surface area contributed by atoms with Crippen LogP contribution in [0.4, 0.5) is 0 Å². The first-order chi connectivity index (χ1) is 11.1. The third-order valence-electron chi connectivity index (χ3n) is 5.04. The molecule has 23 heavy (non-hydrogen) atoms. The molecule has 2 saturated heterocycles. The summed E-state index contributed by atoms with van der Waals surface area (Å²) >= 11 is 0. The third-order valence-corrected chi connectivity index (χ3v) is 5.04. The second-order valence-corrected chi connectivity index (χ2v) is 6.58. The van der Waals surface area contributed by atoms with Crippen molar-refractivity contribution in [1.29, 1.82) is 0 Å². The van der Waals surface area contributed by atoms with Gasteiger partial charge in [0, 0.05) is 36.5 Å². The monoisotopic (exact) mass is 319 g/mol. The Hall–Kier alpha value is -1.46. The fourth-order valence-corrected chi connectivity index (χ4v) is 3.71. The first-order valence-electron chi connectivity index (χ1n) is 8.57. The zero-order chi connectivity index (χ0) is 16.4. The molecule has 0 radical (unpaired) electrons. The zero-order valence-corrected chi connectivity index (χ0v) is 14.0. The van der Waals surface area contributed by atoms with Gasteiger partial charge in [-0.05, 0) is 26.7 Å². The molecule has 0 aromatic rings. The molecule has 2 aliphatic heterocycles. The molecule has 3 aliphatic rings. The molecule has 1 aliphatic carbocycles. The highest BCUT2D eigenvalue weighted by Gasteiger charge is 2.42. The van der Waals surface area contributed by atoms with Crippen LogP contribution in [0.1, 0.15) is 46.0 Å². The summed E-state index contributed by atoms with van der Waals surface area (Å²) in [5.41, 5.74) is 0.998. The van der Waals surface area contributed by atoms with Crippen molar-refractivity contribution in [3.05, 3.63) is 23.3 Å². The quantitative estimate of drug-likeness (QED) is 0.580. The predicted molar refractivity (Wildman–Crippen MR) is 85.4 cm³/mol. The van der Waals surface area contributed by atoms with E-state index < -0.39 is 5.79 Å². The minimum atomic E-state index is -0.406. The summed E-state index contributed by atoms with van der Waals surface area (Å²) in [5.74, 6) is -0.770. The molecule has 0 bridgehead atoms. The highest BCUT2D eigenvalue weighted by atomic mass is 16.7. The lowest BCUT2D eigenvalue weighted by molar-refractivity contribution is -0.295. The van der Waals surface area contributed by atoms with E-state index in [1.165, 1.54) is 11.3 Å². The second kappa shape index (κ2) is 6.57. The van der Waals surface area contributed by atoms with Crippen molar-refractivity contribution in [2.45, 2.75) is 51.7 Å². The van der Waals surface area contributed by atoms with Crippen LogP contribution in [0.2, 0.25) is 0 Å². The topological polar surface area (TPSA) is 55.8 Å². The minimum Gasteiger partial charge on any atom is -0.349 e. The zero-order valence-electron chi connectivity index (χ0n) is 14.0. The lowest BCUT2D eigenvalue weighted by Gasteiger charge is -2.43. The summed E-state index contributed by atoms with van der Waals surface area (Å²) in [6.45, 7) is 5.03. The number of carbonyl (C=O) groups is 2. The van der Waals surface area contributed by atoms with Crippen LogP contribution in [-0.2, 0) is 19.1 Å². The van der Waals surface area contributed by atoms with Gasteiger partial charge in [0.2, 0.25) is 0 Å². The number of nitrogens with zero attached hydrogens (tertiary/aromatic N) is 1. The first-order valence-corrected chi connectivity index (χ1v) is 8.57. The van der Waals surface area contributed by atoms with Crippen molar-refractivity contribution in [1.82, 2.24) is 4.90 Å². The van der Waals surface area contributed by atoms with E-state index in [9.17, 15) is 9.59 Å². The Kier molecular flexibility index (Phi) is 4.69. The molecule has 0 atom stereocenters. The molecule has 3 rings (SSSR count). The maximum absolute atomic E-state index is 12.4. The number of allylic oxidation sites excluding steroid dienone is 2. The molecule has 2 heterocycles. The smallest absolute Gasteiger partial charge is 0.261 e. The lowest BCUT2D eigenvalue weighted by atomic mass is 9.93. The molecular formula is C18H25NO4. The van der Waals surface area contributed by atoms with Crippen LogP contribution < -0.4 is 0 Å². The van der Waals surface area contributed by atoms with E-state index in [0.717, 1.165) is 25.7 Å². The number of ether oxygens (including phenoxy) is 2. The highest BCUT2D eigenvalue weighted by molar-refractivity contribution is 6.24. The van der Waals surface area contributed by atoms with E-state index in [1.807, 2.05) is 0 Å². The van der Waals surface area contributed by atoms with Gasteiger partial charge in [0.15, 0.2) is 5.79 Å². The molecule has 0 aromatic carbocycles. The third kappa shape index (κ3) is 3.00. The van der Waals surface area contributed by atoms with Crippen LogP contribution in [0.5, 0.6) is 0 Å². The van der Waals surface area contributed by atoms with Crippen LogP contribution >= 0.6 is 0 Å². The van der Waals surface area contributed by atoms with E-state index in [2.05, 4.69) is 0 Å². The average Bonchev–Trinajstić information content (AvgIpc) is 2.81. The van der Waals surface area contributed by atoms with Gasteiger partial charge in [-0.15, -0.1) is 0 Å². The van der Waals surface area contributed by atoms with Crippen LogP contribution in [-0.4, -0.2) is 42.3 Å². The van der Waals surface area contributed by atoms with Gasteiger partial charge >= 0.3 is 0 Å². The number of amides is 2. The molecule has 0 N–H and O–H groups in total. The van der Waals surface area contributed by atoms with Gasteiger partial charge in [-0.25, -0.2) is 0 Å². The van der Waals surface area contributed by atoms with Crippen LogP contribution in [0.25, 0.3) is 0 Å². The number of hydrogen-bond acceptors (Lipinski definition) is 4. The number of carbonyl (C=O) groups excluding carboxylic acids is 2. The van der Waals surface area contributed by atoms with E-state index in [1.54, 1.807) is 26.0 Å². The molecule has 1 spiro atoms. The van der Waals surface area contributed by atoms with Gasteiger partial charge in [0.25, 0.3) is 11.8 Å². The van der Waals surface area contributed by atoms with Crippen molar-refractivity contribution in [3.8, 4) is 0 Å². The number of rotatable bonds is 2. The summed E-state index contributed by atoms with van der Waals surface area (Å²) in [5, 5.41) is 0. The lowest BCUT2D eigenvalue weighted by Crippen LogP contribution is -2.48. The summed E-state index contributed by atoms with van der Waals surface area (Å²) < 4.78 is 12.0. The normalized spacial score (nSPS) is 29.2. The summed E-state index contributed by atoms with van der Waals surface area (Å²) in [6, 6.07) is 0. The van der Waals surface area contributed by atoms with E-state index in [0.29, 0.717) is 30.9 Å². The number of imide groups is 1. The molecule has 126 valence electrons. The molecule has 1 saturated carbocycles. The average molecular weight is 319 g/mol. The molecule has 0 unspecified atom stereocenters. The Labute approximate surface area is 137 Å².